The lowest BCUT2D eigenvalue weighted by molar-refractivity contribution is -0.134. The summed E-state index contributed by atoms with van der Waals surface area (Å²) in [5.41, 5.74) is 7.44. The highest BCUT2D eigenvalue weighted by atomic mass is 35.5. The van der Waals surface area contributed by atoms with Gasteiger partial charge in [-0.05, 0) is 42.4 Å². The minimum atomic E-state index is 0. The van der Waals surface area contributed by atoms with E-state index in [0.717, 1.165) is 43.7 Å². The molecule has 26 heavy (non-hydrogen) atoms. The Kier molecular flexibility index (Phi) is 6.94. The van der Waals surface area contributed by atoms with Gasteiger partial charge in [-0.1, -0.05) is 26.0 Å². The lowest BCUT2D eigenvalue weighted by Gasteiger charge is -2.42. The third-order valence-corrected chi connectivity index (χ3v) is 5.57. The van der Waals surface area contributed by atoms with E-state index in [9.17, 15) is 4.79 Å². The van der Waals surface area contributed by atoms with Crippen molar-refractivity contribution in [2.24, 2.45) is 11.1 Å². The van der Waals surface area contributed by atoms with E-state index < -0.39 is 0 Å². The van der Waals surface area contributed by atoms with Gasteiger partial charge in [0.25, 0.3) is 0 Å². The summed E-state index contributed by atoms with van der Waals surface area (Å²) in [6.07, 6.45) is 3.21. The molecule has 1 heterocycles. The standard InChI is InChI=1S/C20H31N3O2.ClH/c1-20(2)14-22(11-10-18(20)21)13-19(24)23(16-6-7-16)12-15-4-8-17(25-3)9-5-15;/h4-5,8-9,16,18H,6-7,10-14,21H2,1-3H3;1H. The van der Waals surface area contributed by atoms with Gasteiger partial charge < -0.3 is 15.4 Å². The lowest BCUT2D eigenvalue weighted by atomic mass is 9.80. The Morgan fingerprint density at radius 2 is 1.92 bits per heavy atom. The normalized spacial score (nSPS) is 22.4. The van der Waals surface area contributed by atoms with E-state index >= 15 is 0 Å². The highest BCUT2D eigenvalue weighted by Crippen LogP contribution is 2.30. The molecule has 1 aromatic rings. The maximum atomic E-state index is 12.9. The van der Waals surface area contributed by atoms with Crippen molar-refractivity contribution in [2.75, 3.05) is 26.7 Å². The molecule has 5 nitrogen and oxygen atoms in total. The van der Waals surface area contributed by atoms with Crippen LogP contribution >= 0.6 is 12.4 Å². The zero-order chi connectivity index (χ0) is 18.0. The molecule has 1 aliphatic carbocycles. The first-order valence-corrected chi connectivity index (χ1v) is 9.29. The zero-order valence-electron chi connectivity index (χ0n) is 16.1. The van der Waals surface area contributed by atoms with Gasteiger partial charge in [-0.3, -0.25) is 9.69 Å². The van der Waals surface area contributed by atoms with E-state index in [-0.39, 0.29) is 29.8 Å². The number of likely N-dealkylation sites (tertiary alicyclic amines) is 1. The molecule has 2 N–H and O–H groups in total. The summed E-state index contributed by atoms with van der Waals surface area (Å²) in [4.78, 5) is 17.3. The van der Waals surface area contributed by atoms with Crippen LogP contribution in [-0.2, 0) is 11.3 Å². The van der Waals surface area contributed by atoms with E-state index in [4.69, 9.17) is 10.5 Å². The van der Waals surface area contributed by atoms with Crippen molar-refractivity contribution in [1.82, 2.24) is 9.80 Å². The van der Waals surface area contributed by atoms with Crippen LogP contribution in [0, 0.1) is 5.41 Å². The second-order valence-corrected chi connectivity index (χ2v) is 8.20. The molecular weight excluding hydrogens is 350 g/mol. The topological polar surface area (TPSA) is 58.8 Å². The molecule has 0 aromatic heterocycles. The number of methoxy groups -OCH3 is 1. The Morgan fingerprint density at radius 1 is 1.27 bits per heavy atom. The number of carbonyl (C=O) groups is 1. The Labute approximate surface area is 163 Å². The average molecular weight is 382 g/mol. The van der Waals surface area contributed by atoms with Crippen molar-refractivity contribution in [3.8, 4) is 5.75 Å². The third-order valence-electron chi connectivity index (χ3n) is 5.57. The predicted molar refractivity (Wildman–Crippen MR) is 107 cm³/mol. The highest BCUT2D eigenvalue weighted by Gasteiger charge is 2.37. The fraction of sp³-hybridized carbons (Fsp3) is 0.650. The van der Waals surface area contributed by atoms with E-state index in [1.807, 2.05) is 24.3 Å². The number of halogens is 1. The summed E-state index contributed by atoms with van der Waals surface area (Å²) in [5.74, 6) is 1.09. The molecule has 146 valence electrons. The zero-order valence-corrected chi connectivity index (χ0v) is 16.9. The number of rotatable bonds is 6. The lowest BCUT2D eigenvalue weighted by Crippen LogP contribution is -2.54. The number of piperidine rings is 1. The first-order chi connectivity index (χ1) is 11.9. The minimum absolute atomic E-state index is 0. The van der Waals surface area contributed by atoms with E-state index in [1.54, 1.807) is 7.11 Å². The van der Waals surface area contributed by atoms with Gasteiger partial charge >= 0.3 is 0 Å². The van der Waals surface area contributed by atoms with Crippen molar-refractivity contribution in [1.29, 1.82) is 0 Å². The molecule has 1 unspecified atom stereocenters. The van der Waals surface area contributed by atoms with Crippen LogP contribution in [0.1, 0.15) is 38.7 Å². The maximum Gasteiger partial charge on any atom is 0.237 e. The van der Waals surface area contributed by atoms with Crippen LogP contribution in [0.2, 0.25) is 0 Å². The van der Waals surface area contributed by atoms with Crippen LogP contribution in [0.5, 0.6) is 5.75 Å². The van der Waals surface area contributed by atoms with Gasteiger partial charge in [-0.25, -0.2) is 0 Å². The molecular formula is C20H32ClN3O2. The van der Waals surface area contributed by atoms with Crippen LogP contribution in [0.3, 0.4) is 0 Å². The molecule has 3 rings (SSSR count). The maximum absolute atomic E-state index is 12.9. The van der Waals surface area contributed by atoms with Crippen molar-refractivity contribution >= 4 is 18.3 Å². The molecule has 0 spiro atoms. The molecule has 1 saturated heterocycles. The van der Waals surface area contributed by atoms with Crippen molar-refractivity contribution in [3.63, 3.8) is 0 Å². The molecule has 2 aliphatic rings. The summed E-state index contributed by atoms with van der Waals surface area (Å²) < 4.78 is 5.21. The molecule has 6 heteroatoms. The van der Waals surface area contributed by atoms with Gasteiger partial charge in [-0.15, -0.1) is 12.4 Å². The molecule has 1 saturated carbocycles. The number of hydrogen-bond donors (Lipinski definition) is 1. The first-order valence-electron chi connectivity index (χ1n) is 9.29. The van der Waals surface area contributed by atoms with E-state index in [2.05, 4.69) is 23.6 Å². The number of hydrogen-bond acceptors (Lipinski definition) is 4. The Balaban J connectivity index is 0.00000243. The number of ether oxygens (including phenoxy) is 1. The summed E-state index contributed by atoms with van der Waals surface area (Å²) in [5, 5.41) is 0. The van der Waals surface area contributed by atoms with Crippen molar-refractivity contribution in [2.45, 2.75) is 51.7 Å². The van der Waals surface area contributed by atoms with Gasteiger partial charge in [0.1, 0.15) is 5.75 Å². The molecule has 1 aliphatic heterocycles. The molecule has 0 radical (unpaired) electrons. The summed E-state index contributed by atoms with van der Waals surface area (Å²) in [7, 11) is 1.67. The van der Waals surface area contributed by atoms with Gasteiger partial charge in [0.05, 0.1) is 13.7 Å². The van der Waals surface area contributed by atoms with Crippen LogP contribution < -0.4 is 10.5 Å². The second-order valence-electron chi connectivity index (χ2n) is 8.20. The van der Waals surface area contributed by atoms with Gasteiger partial charge in [0, 0.05) is 31.7 Å². The fourth-order valence-electron chi connectivity index (χ4n) is 3.64. The van der Waals surface area contributed by atoms with Crippen LogP contribution in [0.15, 0.2) is 24.3 Å². The van der Waals surface area contributed by atoms with Gasteiger partial charge in [-0.2, -0.15) is 0 Å². The number of nitrogens with two attached hydrogens (primary N) is 1. The van der Waals surface area contributed by atoms with Crippen molar-refractivity contribution < 1.29 is 9.53 Å². The minimum Gasteiger partial charge on any atom is -0.497 e. The number of carbonyl (C=O) groups excluding carboxylic acids is 1. The summed E-state index contributed by atoms with van der Waals surface area (Å²) in [6.45, 7) is 7.39. The van der Waals surface area contributed by atoms with Crippen LogP contribution in [-0.4, -0.2) is 54.5 Å². The quantitative estimate of drug-likeness (QED) is 0.823. The molecule has 2 fully saturated rings. The Bertz CT molecular complexity index is 602. The fourth-order valence-corrected chi connectivity index (χ4v) is 3.64. The second kappa shape index (κ2) is 8.59. The summed E-state index contributed by atoms with van der Waals surface area (Å²) >= 11 is 0. The van der Waals surface area contributed by atoms with E-state index in [1.165, 1.54) is 0 Å². The number of amides is 1. The smallest absolute Gasteiger partial charge is 0.237 e. The molecule has 0 bridgehead atoms. The third kappa shape index (κ3) is 5.12. The Hall–Kier alpha value is -1.30. The molecule has 1 amide bonds. The molecule has 1 atom stereocenters. The predicted octanol–water partition coefficient (Wildman–Crippen LogP) is 2.67. The monoisotopic (exact) mass is 381 g/mol. The number of nitrogens with zero attached hydrogens (tertiary/aromatic N) is 2. The molecule has 1 aromatic carbocycles. The van der Waals surface area contributed by atoms with Crippen LogP contribution in [0.4, 0.5) is 0 Å². The van der Waals surface area contributed by atoms with Gasteiger partial charge in [0.15, 0.2) is 0 Å². The summed E-state index contributed by atoms with van der Waals surface area (Å²) in [6, 6.07) is 8.64. The first kappa shape index (κ1) is 21.0. The SMILES string of the molecule is COc1ccc(CN(C(=O)CN2CCC(N)C(C)(C)C2)C2CC2)cc1.Cl. The van der Waals surface area contributed by atoms with Gasteiger partial charge in [0.2, 0.25) is 5.91 Å². The highest BCUT2D eigenvalue weighted by molar-refractivity contribution is 5.85. The van der Waals surface area contributed by atoms with Crippen LogP contribution in [0.25, 0.3) is 0 Å². The van der Waals surface area contributed by atoms with E-state index in [0.29, 0.717) is 19.1 Å². The van der Waals surface area contributed by atoms with Crippen molar-refractivity contribution in [3.05, 3.63) is 29.8 Å². The Morgan fingerprint density at radius 3 is 2.46 bits per heavy atom. The number of benzene rings is 1. The average Bonchev–Trinajstić information content (AvgIpc) is 3.41. The largest absolute Gasteiger partial charge is 0.497 e.